The Bertz CT molecular complexity index is 3410. The predicted molar refractivity (Wildman–Crippen MR) is 234 cm³/mol. The van der Waals surface area contributed by atoms with Crippen molar-refractivity contribution in [1.82, 2.24) is 0 Å². The van der Waals surface area contributed by atoms with Crippen LogP contribution in [0.5, 0.6) is 0 Å². The van der Waals surface area contributed by atoms with Crippen LogP contribution in [0.1, 0.15) is 0 Å². The van der Waals surface area contributed by atoms with Crippen molar-refractivity contribution >= 4 is 126 Å². The smallest absolute Gasteiger partial charge is 0.0362 e. The Balaban J connectivity index is 1.02. The normalized spacial score (nSPS) is 12.2. The van der Waals surface area contributed by atoms with Gasteiger partial charge in [-0.25, -0.2) is 0 Å². The van der Waals surface area contributed by atoms with Crippen molar-refractivity contribution in [3.05, 3.63) is 158 Å². The molecule has 12 rings (SSSR count). The lowest BCUT2D eigenvalue weighted by molar-refractivity contribution is 1.63. The first kappa shape index (κ1) is 29.2. The summed E-state index contributed by atoms with van der Waals surface area (Å²) in [4.78, 5) is 0. The lowest BCUT2D eigenvalue weighted by atomic mass is 9.96. The third-order valence-corrected chi connectivity index (χ3v) is 15.2. The fraction of sp³-hybridized carbons (Fsp3) is 0. The Hall–Kier alpha value is -5.36. The zero-order chi connectivity index (χ0) is 33.9. The van der Waals surface area contributed by atoms with E-state index in [1.165, 1.54) is 114 Å². The van der Waals surface area contributed by atoms with Crippen molar-refractivity contribution in [1.29, 1.82) is 0 Å². The van der Waals surface area contributed by atoms with Crippen molar-refractivity contribution in [3.8, 4) is 33.4 Å². The molecule has 0 nitrogen and oxygen atoms in total. The second-order valence-electron chi connectivity index (χ2n) is 13.6. The van der Waals surface area contributed by atoms with E-state index in [0.717, 1.165) is 0 Å². The highest BCUT2D eigenvalue weighted by Crippen LogP contribution is 2.48. The summed E-state index contributed by atoms with van der Waals surface area (Å²) < 4.78 is 10.8. The highest BCUT2D eigenvalue weighted by molar-refractivity contribution is 7.28. The van der Waals surface area contributed by atoms with Crippen LogP contribution in [-0.2, 0) is 0 Å². The number of rotatable bonds is 3. The van der Waals surface area contributed by atoms with Crippen molar-refractivity contribution < 1.29 is 0 Å². The molecule has 0 spiro atoms. The maximum absolute atomic E-state index is 2.44. The molecular formula is C48H26S4. The molecule has 0 saturated carbocycles. The van der Waals surface area contributed by atoms with Crippen LogP contribution in [0.4, 0.5) is 0 Å². The molecule has 0 aliphatic rings. The van der Waals surface area contributed by atoms with Gasteiger partial charge >= 0.3 is 0 Å². The fourth-order valence-electron chi connectivity index (χ4n) is 8.27. The Morgan fingerprint density at radius 1 is 0.212 bits per heavy atom. The average Bonchev–Trinajstić information content (AvgIpc) is 3.96. The van der Waals surface area contributed by atoms with Gasteiger partial charge in [0.25, 0.3) is 0 Å². The van der Waals surface area contributed by atoms with Gasteiger partial charge in [0.2, 0.25) is 0 Å². The van der Waals surface area contributed by atoms with E-state index in [1.807, 2.05) is 45.3 Å². The van der Waals surface area contributed by atoms with Crippen LogP contribution in [-0.4, -0.2) is 0 Å². The maximum Gasteiger partial charge on any atom is 0.0362 e. The first-order valence-electron chi connectivity index (χ1n) is 17.5. The van der Waals surface area contributed by atoms with E-state index in [4.69, 9.17) is 0 Å². The summed E-state index contributed by atoms with van der Waals surface area (Å²) in [6, 6.07) is 59.1. The molecule has 0 aliphatic heterocycles. The van der Waals surface area contributed by atoms with Gasteiger partial charge in [0.15, 0.2) is 0 Å². The summed E-state index contributed by atoms with van der Waals surface area (Å²) in [5, 5.41) is 11.0. The van der Waals surface area contributed by atoms with Crippen LogP contribution in [0.15, 0.2) is 158 Å². The van der Waals surface area contributed by atoms with E-state index in [2.05, 4.69) is 158 Å². The number of benzene rings is 8. The predicted octanol–water partition coefficient (Wildman–Crippen LogP) is 16.2. The SMILES string of the molecule is c1ccc(-c2ccc3sc4ccc5sc6ccc(-c7cccc(-c8ccc9sc%10ccc%11sc%12ccccc%12c%11c%10c9c8)c7)cc6c5c4c3c2)cc1. The molecule has 0 unspecified atom stereocenters. The molecule has 4 aromatic heterocycles. The van der Waals surface area contributed by atoms with E-state index < -0.39 is 0 Å². The number of thiophene rings is 4. The molecule has 0 aliphatic carbocycles. The molecular weight excluding hydrogens is 705 g/mol. The van der Waals surface area contributed by atoms with Crippen LogP contribution in [0.25, 0.3) is 114 Å². The topological polar surface area (TPSA) is 0 Å². The fourth-order valence-corrected chi connectivity index (χ4v) is 12.7. The highest BCUT2D eigenvalue weighted by atomic mass is 32.1. The quantitative estimate of drug-likeness (QED) is 0.170. The van der Waals surface area contributed by atoms with Gasteiger partial charge < -0.3 is 0 Å². The van der Waals surface area contributed by atoms with Crippen LogP contribution in [0, 0.1) is 0 Å². The van der Waals surface area contributed by atoms with Crippen LogP contribution in [0.3, 0.4) is 0 Å². The molecule has 52 heavy (non-hydrogen) atoms. The summed E-state index contributed by atoms with van der Waals surface area (Å²) in [6.45, 7) is 0. The van der Waals surface area contributed by atoms with Gasteiger partial charge in [-0.2, -0.15) is 0 Å². The highest BCUT2D eigenvalue weighted by Gasteiger charge is 2.17. The minimum Gasteiger partial charge on any atom is -0.135 e. The summed E-state index contributed by atoms with van der Waals surface area (Å²) in [5.74, 6) is 0. The molecule has 4 heterocycles. The van der Waals surface area contributed by atoms with Crippen molar-refractivity contribution in [3.63, 3.8) is 0 Å². The zero-order valence-electron chi connectivity index (χ0n) is 27.6. The van der Waals surface area contributed by atoms with E-state index >= 15 is 0 Å². The summed E-state index contributed by atoms with van der Waals surface area (Å²) in [5.41, 5.74) is 7.53. The number of hydrogen-bond acceptors (Lipinski definition) is 4. The van der Waals surface area contributed by atoms with Gasteiger partial charge in [-0.1, -0.05) is 84.9 Å². The molecule has 0 N–H and O–H groups in total. The summed E-state index contributed by atoms with van der Waals surface area (Å²) in [6.07, 6.45) is 0. The third kappa shape index (κ3) is 4.30. The molecule has 242 valence electrons. The zero-order valence-corrected chi connectivity index (χ0v) is 30.9. The van der Waals surface area contributed by atoms with Crippen LogP contribution >= 0.6 is 45.3 Å². The molecule has 0 amide bonds. The van der Waals surface area contributed by atoms with Crippen molar-refractivity contribution in [2.45, 2.75) is 0 Å². The first-order chi connectivity index (χ1) is 25.7. The largest absolute Gasteiger partial charge is 0.135 e. The lowest BCUT2D eigenvalue weighted by Crippen LogP contribution is -1.82. The summed E-state index contributed by atoms with van der Waals surface area (Å²) in [7, 11) is 0. The van der Waals surface area contributed by atoms with Gasteiger partial charge in [-0.05, 0) is 106 Å². The van der Waals surface area contributed by atoms with Gasteiger partial charge in [-0.15, -0.1) is 45.3 Å². The first-order valence-corrected chi connectivity index (χ1v) is 20.7. The van der Waals surface area contributed by atoms with Crippen LogP contribution in [0.2, 0.25) is 0 Å². The Labute approximate surface area is 315 Å². The molecule has 0 fully saturated rings. The van der Waals surface area contributed by atoms with Gasteiger partial charge in [0.1, 0.15) is 0 Å². The molecule has 0 saturated heterocycles. The Kier molecular flexibility index (Phi) is 6.23. The lowest BCUT2D eigenvalue weighted by Gasteiger charge is -2.08. The Morgan fingerprint density at radius 3 is 1.06 bits per heavy atom. The van der Waals surface area contributed by atoms with Crippen molar-refractivity contribution in [2.75, 3.05) is 0 Å². The minimum atomic E-state index is 1.24. The van der Waals surface area contributed by atoms with E-state index in [-0.39, 0.29) is 0 Å². The second kappa shape index (κ2) is 11.1. The molecule has 0 bridgehead atoms. The monoisotopic (exact) mass is 730 g/mol. The van der Waals surface area contributed by atoms with E-state index in [0.29, 0.717) is 0 Å². The molecule has 0 radical (unpaired) electrons. The molecule has 12 aromatic rings. The molecule has 8 aromatic carbocycles. The number of hydrogen-bond donors (Lipinski definition) is 0. The Morgan fingerprint density at radius 2 is 0.558 bits per heavy atom. The molecule has 0 atom stereocenters. The van der Waals surface area contributed by atoms with Crippen LogP contribution < -0.4 is 0 Å². The summed E-state index contributed by atoms with van der Waals surface area (Å²) >= 11 is 7.61. The van der Waals surface area contributed by atoms with Gasteiger partial charge in [0.05, 0.1) is 0 Å². The molecule has 4 heteroatoms. The van der Waals surface area contributed by atoms with Gasteiger partial charge in [0, 0.05) is 80.7 Å². The minimum absolute atomic E-state index is 1.24. The second-order valence-corrected chi connectivity index (χ2v) is 17.9. The van der Waals surface area contributed by atoms with Gasteiger partial charge in [-0.3, -0.25) is 0 Å². The van der Waals surface area contributed by atoms with E-state index in [9.17, 15) is 0 Å². The number of fused-ring (bicyclic) bond motifs is 14. The van der Waals surface area contributed by atoms with Crippen molar-refractivity contribution in [2.24, 2.45) is 0 Å². The standard InChI is InChI=1S/C48H26S4/c1-2-7-27(8-3-1)30-13-16-38-34(24-30)47-43(51-38)21-22-44-48(47)36-26-32(15-18-40(36)52-44)29-10-6-9-28(23-29)31-14-17-39-35(25-31)46-42(50-39)20-19-41-45(46)33-11-4-5-12-37(33)49-41/h1-26H. The average molecular weight is 731 g/mol. The maximum atomic E-state index is 2.44. The van der Waals surface area contributed by atoms with E-state index in [1.54, 1.807) is 0 Å². The third-order valence-electron chi connectivity index (χ3n) is 10.7.